The van der Waals surface area contributed by atoms with Crippen LogP contribution < -0.4 is 24.8 Å². The number of nitrogens with zero attached hydrogens (tertiary/aromatic N) is 3. The van der Waals surface area contributed by atoms with Crippen molar-refractivity contribution in [1.29, 1.82) is 0 Å². The van der Waals surface area contributed by atoms with E-state index in [1.807, 2.05) is 18.2 Å². The quantitative estimate of drug-likeness (QED) is 0.160. The van der Waals surface area contributed by atoms with Gasteiger partial charge in [-0.15, -0.1) is 0 Å². The van der Waals surface area contributed by atoms with Gasteiger partial charge >= 0.3 is 6.18 Å². The molecule has 0 aliphatic carbocycles. The molecule has 0 atom stereocenters. The van der Waals surface area contributed by atoms with E-state index in [9.17, 15) is 18.0 Å². The standard InChI is InChI=1S/C34H32Cl2F3N5O4/c35-28-6-3-24(16-29(28)36)42-25-4-8-32(41-18-25)48-26-5-2-23(27(17-26)34(37,38)39)9-10-40-19-33(45)44-13-11-43(12-14-44)20-22-1-7-30-31(15-22)47-21-46-30/h1-8,15-18,40,42H,9-14,19-21H2. The van der Waals surface area contributed by atoms with Gasteiger partial charge in [0.05, 0.1) is 34.0 Å². The molecule has 9 nitrogen and oxygen atoms in total. The summed E-state index contributed by atoms with van der Waals surface area (Å²) in [4.78, 5) is 21.0. The minimum atomic E-state index is -4.59. The van der Waals surface area contributed by atoms with Gasteiger partial charge in [-0.05, 0) is 72.6 Å². The number of hydrogen-bond acceptors (Lipinski definition) is 8. The van der Waals surface area contributed by atoms with Gasteiger partial charge in [0.25, 0.3) is 0 Å². The molecule has 0 bridgehead atoms. The first kappa shape index (κ1) is 33.7. The molecule has 4 aromatic rings. The normalized spacial score (nSPS) is 14.6. The Labute approximate surface area is 285 Å². The Balaban J connectivity index is 0.960. The maximum atomic E-state index is 14.0. The number of alkyl halides is 3. The topological polar surface area (TPSA) is 88.2 Å². The van der Waals surface area contributed by atoms with Crippen LogP contribution in [0.1, 0.15) is 16.7 Å². The predicted octanol–water partition coefficient (Wildman–Crippen LogP) is 7.15. The van der Waals surface area contributed by atoms with Crippen molar-refractivity contribution in [2.45, 2.75) is 19.1 Å². The lowest BCUT2D eigenvalue weighted by molar-refractivity contribution is -0.138. The maximum absolute atomic E-state index is 14.0. The lowest BCUT2D eigenvalue weighted by Gasteiger charge is -2.34. The van der Waals surface area contributed by atoms with E-state index in [0.29, 0.717) is 34.5 Å². The SMILES string of the molecule is O=C(CNCCc1ccc(Oc2ccc(Nc3ccc(Cl)c(Cl)c3)cn2)cc1C(F)(F)F)N1CCN(Cc2ccc3c(c2)OCO3)CC1. The van der Waals surface area contributed by atoms with Crippen LogP contribution in [0.2, 0.25) is 10.0 Å². The molecule has 1 fully saturated rings. The number of piperazine rings is 1. The molecular formula is C34H32Cl2F3N5O4. The van der Waals surface area contributed by atoms with Crippen LogP contribution in [0.25, 0.3) is 0 Å². The molecule has 48 heavy (non-hydrogen) atoms. The molecule has 2 N–H and O–H groups in total. The van der Waals surface area contributed by atoms with Crippen molar-refractivity contribution in [1.82, 2.24) is 20.1 Å². The lowest BCUT2D eigenvalue weighted by Crippen LogP contribution is -2.50. The first-order valence-corrected chi connectivity index (χ1v) is 16.0. The monoisotopic (exact) mass is 701 g/mol. The molecular weight excluding hydrogens is 670 g/mol. The van der Waals surface area contributed by atoms with Crippen molar-refractivity contribution in [3.63, 3.8) is 0 Å². The number of amides is 1. The third-order valence-corrected chi connectivity index (χ3v) is 8.71. The number of carbonyl (C=O) groups excluding carboxylic acids is 1. The van der Waals surface area contributed by atoms with Gasteiger partial charge in [0.2, 0.25) is 18.6 Å². The van der Waals surface area contributed by atoms with Gasteiger partial charge in [0.15, 0.2) is 11.5 Å². The van der Waals surface area contributed by atoms with Gasteiger partial charge in [-0.3, -0.25) is 9.69 Å². The Kier molecular flexibility index (Phi) is 10.4. The highest BCUT2D eigenvalue weighted by Crippen LogP contribution is 2.36. The van der Waals surface area contributed by atoms with E-state index in [1.165, 1.54) is 18.3 Å². The van der Waals surface area contributed by atoms with Crippen molar-refractivity contribution < 1.29 is 32.2 Å². The van der Waals surface area contributed by atoms with Crippen molar-refractivity contribution in [3.8, 4) is 23.1 Å². The van der Waals surface area contributed by atoms with E-state index >= 15 is 0 Å². The van der Waals surface area contributed by atoms with Crippen LogP contribution in [0.5, 0.6) is 23.1 Å². The summed E-state index contributed by atoms with van der Waals surface area (Å²) in [6.45, 7) is 3.82. The number of anilines is 2. The van der Waals surface area contributed by atoms with E-state index < -0.39 is 11.7 Å². The molecule has 1 amide bonds. The third kappa shape index (κ3) is 8.62. The van der Waals surface area contributed by atoms with Gasteiger partial charge < -0.3 is 29.7 Å². The van der Waals surface area contributed by atoms with E-state index in [0.717, 1.165) is 42.8 Å². The molecule has 0 radical (unpaired) electrons. The number of aromatic nitrogens is 1. The molecule has 0 unspecified atom stereocenters. The van der Waals surface area contributed by atoms with E-state index in [1.54, 1.807) is 35.2 Å². The van der Waals surface area contributed by atoms with Crippen LogP contribution in [0.4, 0.5) is 24.5 Å². The first-order chi connectivity index (χ1) is 23.1. The second kappa shape index (κ2) is 14.9. The van der Waals surface area contributed by atoms with Gasteiger partial charge in [-0.1, -0.05) is 35.3 Å². The molecule has 2 aliphatic heterocycles. The summed E-state index contributed by atoms with van der Waals surface area (Å²) in [6.07, 6.45) is -3.02. The number of halogens is 5. The number of ether oxygens (including phenoxy) is 3. The Morgan fingerprint density at radius 3 is 2.44 bits per heavy atom. The average molecular weight is 703 g/mol. The minimum Gasteiger partial charge on any atom is -0.454 e. The Hall–Kier alpha value is -4.23. The first-order valence-electron chi connectivity index (χ1n) is 15.3. The summed E-state index contributed by atoms with van der Waals surface area (Å²) in [5.74, 6) is 1.54. The fraction of sp³-hybridized carbons (Fsp3) is 0.294. The highest BCUT2D eigenvalue weighted by molar-refractivity contribution is 6.42. The van der Waals surface area contributed by atoms with Crippen LogP contribution in [0, 0.1) is 0 Å². The second-order valence-corrected chi connectivity index (χ2v) is 12.1. The van der Waals surface area contributed by atoms with Crippen LogP contribution in [0.3, 0.4) is 0 Å². The molecule has 2 aliphatic rings. The number of rotatable bonds is 11. The summed E-state index contributed by atoms with van der Waals surface area (Å²) in [7, 11) is 0. The van der Waals surface area contributed by atoms with Gasteiger partial charge in [-0.2, -0.15) is 13.2 Å². The molecule has 1 saturated heterocycles. The molecule has 1 aromatic heterocycles. The number of carbonyl (C=O) groups is 1. The van der Waals surface area contributed by atoms with Crippen molar-refractivity contribution in [2.75, 3.05) is 51.4 Å². The molecule has 3 aromatic carbocycles. The Bertz CT molecular complexity index is 1750. The molecule has 0 saturated carbocycles. The maximum Gasteiger partial charge on any atom is 0.416 e. The minimum absolute atomic E-state index is 0.00423. The molecule has 0 spiro atoms. The van der Waals surface area contributed by atoms with Crippen LogP contribution in [-0.2, 0) is 23.9 Å². The smallest absolute Gasteiger partial charge is 0.416 e. The van der Waals surface area contributed by atoms with Crippen molar-refractivity contribution >= 4 is 40.5 Å². The van der Waals surface area contributed by atoms with Crippen LogP contribution in [0.15, 0.2) is 72.9 Å². The summed E-state index contributed by atoms with van der Waals surface area (Å²) in [5.41, 5.74) is 1.72. The van der Waals surface area contributed by atoms with E-state index in [4.69, 9.17) is 37.4 Å². The summed E-state index contributed by atoms with van der Waals surface area (Å²) >= 11 is 12.0. The van der Waals surface area contributed by atoms with Gasteiger partial charge in [0.1, 0.15) is 5.75 Å². The van der Waals surface area contributed by atoms with E-state index in [-0.39, 0.29) is 49.4 Å². The number of fused-ring (bicyclic) bond motifs is 1. The predicted molar refractivity (Wildman–Crippen MR) is 176 cm³/mol. The summed E-state index contributed by atoms with van der Waals surface area (Å²) < 4.78 is 58.4. The largest absolute Gasteiger partial charge is 0.454 e. The molecule has 6 rings (SSSR count). The second-order valence-electron chi connectivity index (χ2n) is 11.3. The fourth-order valence-electron chi connectivity index (χ4n) is 5.46. The van der Waals surface area contributed by atoms with Crippen LogP contribution in [-0.4, -0.2) is 66.8 Å². The average Bonchev–Trinajstić information content (AvgIpc) is 3.54. The third-order valence-electron chi connectivity index (χ3n) is 7.97. The fourth-order valence-corrected chi connectivity index (χ4v) is 5.76. The zero-order chi connectivity index (χ0) is 33.7. The van der Waals surface area contributed by atoms with Gasteiger partial charge in [-0.25, -0.2) is 4.98 Å². The van der Waals surface area contributed by atoms with Gasteiger partial charge in [0, 0.05) is 44.5 Å². The van der Waals surface area contributed by atoms with Crippen molar-refractivity contribution in [3.05, 3.63) is 99.7 Å². The highest BCUT2D eigenvalue weighted by atomic mass is 35.5. The Morgan fingerprint density at radius 1 is 0.896 bits per heavy atom. The summed E-state index contributed by atoms with van der Waals surface area (Å²) in [5, 5.41) is 6.94. The zero-order valence-electron chi connectivity index (χ0n) is 25.7. The highest BCUT2D eigenvalue weighted by Gasteiger charge is 2.34. The zero-order valence-corrected chi connectivity index (χ0v) is 27.2. The van der Waals surface area contributed by atoms with E-state index in [2.05, 4.69) is 20.5 Å². The Morgan fingerprint density at radius 2 is 1.69 bits per heavy atom. The summed E-state index contributed by atoms with van der Waals surface area (Å²) in [6, 6.07) is 18.0. The number of pyridine rings is 1. The number of hydrogen-bond donors (Lipinski definition) is 2. The number of benzene rings is 3. The molecule has 252 valence electrons. The number of nitrogens with one attached hydrogen (secondary N) is 2. The van der Waals surface area contributed by atoms with Crippen LogP contribution >= 0.6 is 23.2 Å². The lowest BCUT2D eigenvalue weighted by atomic mass is 10.0. The molecule has 14 heteroatoms. The van der Waals surface area contributed by atoms with Crippen molar-refractivity contribution in [2.24, 2.45) is 0 Å². The molecule has 3 heterocycles.